The van der Waals surface area contributed by atoms with Gasteiger partial charge in [-0.15, -0.1) is 0 Å². The Morgan fingerprint density at radius 1 is 1.47 bits per heavy atom. The molecular weight excluding hydrogens is 332 g/mol. The van der Waals surface area contributed by atoms with Crippen LogP contribution in [0.3, 0.4) is 0 Å². The molecule has 19 heavy (non-hydrogen) atoms. The average Bonchev–Trinajstić information content (AvgIpc) is 2.36. The Balaban J connectivity index is 2.89. The molecule has 5 nitrogen and oxygen atoms in total. The van der Waals surface area contributed by atoms with Gasteiger partial charge in [-0.05, 0) is 32.0 Å². The van der Waals surface area contributed by atoms with Crippen molar-refractivity contribution in [3.05, 3.63) is 28.7 Å². The summed E-state index contributed by atoms with van der Waals surface area (Å²) in [7, 11) is -2.07. The highest BCUT2D eigenvalue weighted by atomic mass is 79.9. The second-order valence-electron chi connectivity index (χ2n) is 4.15. The number of rotatable bonds is 5. The second-order valence-corrected chi connectivity index (χ2v) is 6.78. The Morgan fingerprint density at radius 3 is 2.63 bits per heavy atom. The highest BCUT2D eigenvalue weighted by Crippen LogP contribution is 2.16. The summed E-state index contributed by atoms with van der Waals surface area (Å²) >= 11 is 3.22. The van der Waals surface area contributed by atoms with E-state index in [1.165, 1.54) is 24.0 Å². The fraction of sp³-hybridized carbons (Fsp3) is 0.417. The topological polar surface area (TPSA) is 66.5 Å². The standard InChI is InChI=1S/C12H17BrN2O3S/c1-4-15(3)12(16)9(2)14-19(17,18)11-7-5-6-10(13)8-11/h5-9,14H,4H2,1-3H3. The molecule has 1 aromatic carbocycles. The van der Waals surface area contributed by atoms with Crippen molar-refractivity contribution in [3.8, 4) is 0 Å². The van der Waals surface area contributed by atoms with Gasteiger partial charge in [-0.3, -0.25) is 4.79 Å². The Morgan fingerprint density at radius 2 is 2.11 bits per heavy atom. The van der Waals surface area contributed by atoms with Gasteiger partial charge < -0.3 is 4.90 Å². The van der Waals surface area contributed by atoms with E-state index in [0.717, 1.165) is 0 Å². The highest BCUT2D eigenvalue weighted by Gasteiger charge is 2.23. The van der Waals surface area contributed by atoms with E-state index in [-0.39, 0.29) is 10.8 Å². The van der Waals surface area contributed by atoms with E-state index in [4.69, 9.17) is 0 Å². The van der Waals surface area contributed by atoms with Crippen molar-refractivity contribution in [3.63, 3.8) is 0 Å². The van der Waals surface area contributed by atoms with E-state index >= 15 is 0 Å². The van der Waals surface area contributed by atoms with E-state index in [2.05, 4.69) is 20.7 Å². The van der Waals surface area contributed by atoms with E-state index in [1.54, 1.807) is 19.2 Å². The maximum absolute atomic E-state index is 12.1. The molecule has 0 aliphatic carbocycles. The lowest BCUT2D eigenvalue weighted by molar-refractivity contribution is -0.131. The Kier molecular flexibility index (Phi) is 5.51. The zero-order chi connectivity index (χ0) is 14.6. The third-order valence-electron chi connectivity index (χ3n) is 2.66. The van der Waals surface area contributed by atoms with Gasteiger partial charge in [-0.1, -0.05) is 22.0 Å². The number of nitrogens with one attached hydrogen (secondary N) is 1. The first-order valence-corrected chi connectivity index (χ1v) is 8.08. The van der Waals surface area contributed by atoms with Gasteiger partial charge in [0.05, 0.1) is 10.9 Å². The van der Waals surface area contributed by atoms with Crippen LogP contribution in [0.2, 0.25) is 0 Å². The summed E-state index contributed by atoms with van der Waals surface area (Å²) in [5, 5.41) is 0. The SMILES string of the molecule is CCN(C)C(=O)C(C)NS(=O)(=O)c1cccc(Br)c1. The number of carbonyl (C=O) groups excluding carboxylic acids is 1. The van der Waals surface area contributed by atoms with Crippen molar-refractivity contribution in [1.29, 1.82) is 0 Å². The van der Waals surface area contributed by atoms with Gasteiger partial charge in [0, 0.05) is 18.1 Å². The van der Waals surface area contributed by atoms with Gasteiger partial charge in [-0.2, -0.15) is 4.72 Å². The lowest BCUT2D eigenvalue weighted by Crippen LogP contribution is -2.45. The summed E-state index contributed by atoms with van der Waals surface area (Å²) in [6, 6.07) is 5.53. The normalized spacial score (nSPS) is 13.1. The number of amides is 1. The molecule has 0 bridgehead atoms. The average molecular weight is 349 g/mol. The van der Waals surface area contributed by atoms with Gasteiger partial charge in [0.25, 0.3) is 0 Å². The summed E-state index contributed by atoms with van der Waals surface area (Å²) in [6.45, 7) is 3.89. The maximum Gasteiger partial charge on any atom is 0.241 e. The molecule has 1 aromatic rings. The van der Waals surface area contributed by atoms with Crippen LogP contribution < -0.4 is 4.72 Å². The van der Waals surface area contributed by atoms with Crippen LogP contribution in [-0.2, 0) is 14.8 Å². The summed E-state index contributed by atoms with van der Waals surface area (Å²) in [5.74, 6) is -0.263. The van der Waals surface area contributed by atoms with Crippen molar-refractivity contribution in [2.75, 3.05) is 13.6 Å². The van der Waals surface area contributed by atoms with Crippen molar-refractivity contribution >= 4 is 31.9 Å². The monoisotopic (exact) mass is 348 g/mol. The van der Waals surface area contributed by atoms with Gasteiger partial charge in [0.1, 0.15) is 0 Å². The molecule has 106 valence electrons. The fourth-order valence-corrected chi connectivity index (χ4v) is 3.26. The lowest BCUT2D eigenvalue weighted by Gasteiger charge is -2.20. The van der Waals surface area contributed by atoms with Crippen molar-refractivity contribution in [2.45, 2.75) is 24.8 Å². The summed E-state index contributed by atoms with van der Waals surface area (Å²) in [4.78, 5) is 13.4. The minimum atomic E-state index is -3.70. The molecule has 0 aromatic heterocycles. The highest BCUT2D eigenvalue weighted by molar-refractivity contribution is 9.10. The number of halogens is 1. The minimum Gasteiger partial charge on any atom is -0.345 e. The van der Waals surface area contributed by atoms with E-state index in [1.807, 2.05) is 6.92 Å². The molecule has 1 amide bonds. The quantitative estimate of drug-likeness (QED) is 0.878. The van der Waals surface area contributed by atoms with Crippen molar-refractivity contribution in [2.24, 2.45) is 0 Å². The molecule has 0 aliphatic heterocycles. The van der Waals surface area contributed by atoms with Crippen LogP contribution in [0.5, 0.6) is 0 Å². The summed E-state index contributed by atoms with van der Waals surface area (Å²) in [5.41, 5.74) is 0. The molecule has 0 fully saturated rings. The van der Waals surface area contributed by atoms with Crippen LogP contribution in [0.4, 0.5) is 0 Å². The molecule has 0 saturated heterocycles. The van der Waals surface area contributed by atoms with Gasteiger partial charge >= 0.3 is 0 Å². The van der Waals surface area contributed by atoms with Crippen LogP contribution in [0.15, 0.2) is 33.6 Å². The Hall–Kier alpha value is -0.920. The summed E-state index contributed by atoms with van der Waals surface area (Å²) < 4.78 is 27.3. The largest absolute Gasteiger partial charge is 0.345 e. The van der Waals surface area contributed by atoms with Crippen LogP contribution in [-0.4, -0.2) is 38.9 Å². The smallest absolute Gasteiger partial charge is 0.241 e. The van der Waals surface area contributed by atoms with Crippen LogP contribution >= 0.6 is 15.9 Å². The lowest BCUT2D eigenvalue weighted by atomic mass is 10.3. The molecule has 1 rings (SSSR count). The number of sulfonamides is 1. The van der Waals surface area contributed by atoms with Crippen LogP contribution in [0.1, 0.15) is 13.8 Å². The van der Waals surface area contributed by atoms with Gasteiger partial charge in [-0.25, -0.2) is 8.42 Å². The maximum atomic E-state index is 12.1. The Bertz CT molecular complexity index is 560. The predicted octanol–water partition coefficient (Wildman–Crippen LogP) is 1.59. The van der Waals surface area contributed by atoms with Gasteiger partial charge in [0.15, 0.2) is 0 Å². The molecule has 1 unspecified atom stereocenters. The first-order valence-electron chi connectivity index (χ1n) is 5.80. The fourth-order valence-electron chi connectivity index (χ4n) is 1.47. The predicted molar refractivity (Wildman–Crippen MR) is 77.2 cm³/mol. The van der Waals surface area contributed by atoms with Crippen molar-refractivity contribution in [1.82, 2.24) is 9.62 Å². The van der Waals surface area contributed by atoms with E-state index < -0.39 is 16.1 Å². The third kappa shape index (κ3) is 4.29. The first kappa shape index (κ1) is 16.1. The molecule has 0 aliphatic rings. The number of hydrogen-bond donors (Lipinski definition) is 1. The second kappa shape index (κ2) is 6.49. The molecule has 0 radical (unpaired) electrons. The van der Waals surface area contributed by atoms with Crippen molar-refractivity contribution < 1.29 is 13.2 Å². The zero-order valence-electron chi connectivity index (χ0n) is 11.1. The van der Waals surface area contributed by atoms with Crippen LogP contribution in [0, 0.1) is 0 Å². The molecule has 0 heterocycles. The number of likely N-dealkylation sites (N-methyl/N-ethyl adjacent to an activating group) is 1. The number of carbonyl (C=O) groups is 1. The zero-order valence-corrected chi connectivity index (χ0v) is 13.5. The van der Waals surface area contributed by atoms with Gasteiger partial charge in [0.2, 0.25) is 15.9 Å². The molecule has 0 saturated carbocycles. The molecular formula is C12H17BrN2O3S. The molecule has 1 N–H and O–H groups in total. The summed E-state index contributed by atoms with van der Waals surface area (Å²) in [6.07, 6.45) is 0. The third-order valence-corrected chi connectivity index (χ3v) is 4.69. The molecule has 7 heteroatoms. The van der Waals surface area contributed by atoms with Crippen LogP contribution in [0.25, 0.3) is 0 Å². The number of hydrogen-bond acceptors (Lipinski definition) is 3. The number of nitrogens with zero attached hydrogens (tertiary/aromatic N) is 1. The van der Waals surface area contributed by atoms with E-state index in [0.29, 0.717) is 11.0 Å². The Labute approximate surface area is 122 Å². The first-order chi connectivity index (χ1) is 8.77. The minimum absolute atomic E-state index is 0.126. The number of benzene rings is 1. The molecule has 0 spiro atoms. The van der Waals surface area contributed by atoms with E-state index in [9.17, 15) is 13.2 Å². The molecule has 1 atom stereocenters.